The van der Waals surface area contributed by atoms with Gasteiger partial charge in [-0.2, -0.15) is 0 Å². The highest BCUT2D eigenvalue weighted by Gasteiger charge is 2.33. The number of Topliss-reactive ketones (excluding diaryl/α,β-unsaturated/α-hetero) is 1. The van der Waals surface area contributed by atoms with E-state index in [0.29, 0.717) is 56.8 Å². The van der Waals surface area contributed by atoms with Gasteiger partial charge >= 0.3 is 6.36 Å². The van der Waals surface area contributed by atoms with Gasteiger partial charge in [-0.15, -0.1) is 13.2 Å². The quantitative estimate of drug-likeness (QED) is 0.205. The highest BCUT2D eigenvalue weighted by Crippen LogP contribution is 2.28. The number of pyridine rings is 1. The fourth-order valence-electron chi connectivity index (χ4n) is 5.78. The van der Waals surface area contributed by atoms with E-state index in [-0.39, 0.29) is 47.1 Å². The van der Waals surface area contributed by atoms with Crippen LogP contribution in [-0.2, 0) is 16.4 Å². The number of aromatic nitrogens is 1. The van der Waals surface area contributed by atoms with Crippen LogP contribution in [0.4, 0.5) is 17.6 Å². The first-order chi connectivity index (χ1) is 22.2. The molecule has 0 radical (unpaired) electrons. The van der Waals surface area contributed by atoms with Crippen molar-refractivity contribution in [3.63, 3.8) is 0 Å². The molecule has 5 rings (SSSR count). The molecule has 0 bridgehead atoms. The number of ketones is 1. The Balaban J connectivity index is 1.06. The molecule has 2 aromatic carbocycles. The van der Waals surface area contributed by atoms with Crippen molar-refractivity contribution in [3.8, 4) is 11.5 Å². The normalized spacial score (nSPS) is 19.7. The van der Waals surface area contributed by atoms with E-state index in [1.165, 1.54) is 54.7 Å². The van der Waals surface area contributed by atoms with Crippen molar-refractivity contribution in [3.05, 3.63) is 83.7 Å². The van der Waals surface area contributed by atoms with Crippen molar-refractivity contribution < 1.29 is 45.0 Å². The van der Waals surface area contributed by atoms with Crippen molar-refractivity contribution in [2.75, 3.05) is 32.4 Å². The van der Waals surface area contributed by atoms with Crippen LogP contribution < -0.4 is 9.47 Å². The largest absolute Gasteiger partial charge is 0.573 e. The number of halogens is 4. The molecule has 9 nitrogen and oxygen atoms in total. The number of carbonyl (C=O) groups is 2. The first-order valence-corrected chi connectivity index (χ1v) is 17.1. The summed E-state index contributed by atoms with van der Waals surface area (Å²) in [4.78, 5) is 34.0. The standard InChI is InChI=1S/C33H35F4N3O6S/c1-47(43,44)28-9-7-25(8-10-28)45-26-13-16-40(17-14-26)32(42)30-11-4-24(19-38-30)31(41)18-23-12-15-39(21-29(23)34)20-22-2-5-27(6-3-22)46-33(35,36)37/h2-11,19,23,26,29H,12-18,20-21H2,1H3/t23?,29-/m1/s1. The van der Waals surface area contributed by atoms with E-state index < -0.39 is 28.3 Å². The van der Waals surface area contributed by atoms with Gasteiger partial charge in [-0.1, -0.05) is 12.1 Å². The lowest BCUT2D eigenvalue weighted by Crippen LogP contribution is -2.42. The Kier molecular flexibility index (Phi) is 10.5. The van der Waals surface area contributed by atoms with Gasteiger partial charge in [0.15, 0.2) is 15.6 Å². The number of alkyl halides is 4. The smallest absolute Gasteiger partial charge is 0.490 e. The summed E-state index contributed by atoms with van der Waals surface area (Å²) >= 11 is 0. The molecule has 252 valence electrons. The minimum Gasteiger partial charge on any atom is -0.490 e. The molecule has 1 unspecified atom stereocenters. The molecule has 0 saturated carbocycles. The summed E-state index contributed by atoms with van der Waals surface area (Å²) in [5.41, 5.74) is 1.22. The first kappa shape index (κ1) is 34.3. The summed E-state index contributed by atoms with van der Waals surface area (Å²) in [6.07, 6.45) is -2.05. The van der Waals surface area contributed by atoms with Gasteiger partial charge in [0, 0.05) is 63.5 Å². The number of amides is 1. The molecule has 2 aliphatic heterocycles. The van der Waals surface area contributed by atoms with E-state index in [1.807, 2.05) is 4.90 Å². The van der Waals surface area contributed by atoms with Crippen molar-refractivity contribution in [1.29, 1.82) is 0 Å². The van der Waals surface area contributed by atoms with Crippen molar-refractivity contribution in [1.82, 2.24) is 14.8 Å². The summed E-state index contributed by atoms with van der Waals surface area (Å²) in [6.45, 7) is 1.88. The summed E-state index contributed by atoms with van der Waals surface area (Å²) < 4.78 is 85.3. The second-order valence-corrected chi connectivity index (χ2v) is 13.9. The van der Waals surface area contributed by atoms with Gasteiger partial charge in [-0.3, -0.25) is 19.5 Å². The van der Waals surface area contributed by atoms with Crippen molar-refractivity contribution >= 4 is 21.5 Å². The average Bonchev–Trinajstić information content (AvgIpc) is 3.02. The van der Waals surface area contributed by atoms with E-state index >= 15 is 4.39 Å². The molecule has 47 heavy (non-hydrogen) atoms. The Bertz CT molecular complexity index is 1640. The molecule has 14 heteroatoms. The summed E-state index contributed by atoms with van der Waals surface area (Å²) in [5, 5.41) is 0. The molecule has 1 amide bonds. The Labute approximate surface area is 270 Å². The minimum atomic E-state index is -4.77. The molecule has 0 aliphatic carbocycles. The number of hydrogen-bond donors (Lipinski definition) is 0. The lowest BCUT2D eigenvalue weighted by molar-refractivity contribution is -0.274. The Hall–Kier alpha value is -4.04. The van der Waals surface area contributed by atoms with Crippen LogP contribution in [-0.4, -0.2) is 86.0 Å². The summed E-state index contributed by atoms with van der Waals surface area (Å²) in [5.74, 6) is -0.776. The zero-order chi connectivity index (χ0) is 33.8. The lowest BCUT2D eigenvalue weighted by Gasteiger charge is -2.34. The second-order valence-electron chi connectivity index (χ2n) is 11.9. The number of rotatable bonds is 10. The molecule has 2 atom stereocenters. The van der Waals surface area contributed by atoms with Crippen LogP contribution >= 0.6 is 0 Å². The monoisotopic (exact) mass is 677 g/mol. The van der Waals surface area contributed by atoms with Gasteiger partial charge < -0.3 is 14.4 Å². The molecular formula is C33H35F4N3O6S. The fraction of sp³-hybridized carbons (Fsp3) is 0.424. The predicted molar refractivity (Wildman–Crippen MR) is 164 cm³/mol. The van der Waals surface area contributed by atoms with Gasteiger partial charge in [0.25, 0.3) is 5.91 Å². The minimum absolute atomic E-state index is 0.00203. The number of hydrogen-bond acceptors (Lipinski definition) is 8. The second kappa shape index (κ2) is 14.4. The van der Waals surface area contributed by atoms with Crippen molar-refractivity contribution in [2.45, 2.75) is 55.8 Å². The Morgan fingerprint density at radius 1 is 0.915 bits per heavy atom. The van der Waals surface area contributed by atoms with Crippen LogP contribution in [0.5, 0.6) is 11.5 Å². The number of likely N-dealkylation sites (tertiary alicyclic amines) is 2. The zero-order valence-electron chi connectivity index (χ0n) is 25.7. The van der Waals surface area contributed by atoms with Crippen molar-refractivity contribution in [2.24, 2.45) is 5.92 Å². The number of ether oxygens (including phenoxy) is 2. The maximum absolute atomic E-state index is 15.1. The van der Waals surface area contributed by atoms with E-state index in [2.05, 4.69) is 9.72 Å². The van der Waals surface area contributed by atoms with Gasteiger partial charge in [0.1, 0.15) is 29.5 Å². The fourth-order valence-corrected chi connectivity index (χ4v) is 6.41. The number of sulfone groups is 1. The highest BCUT2D eigenvalue weighted by atomic mass is 32.2. The maximum Gasteiger partial charge on any atom is 0.573 e. The lowest BCUT2D eigenvalue weighted by atomic mass is 9.88. The third-order valence-corrected chi connectivity index (χ3v) is 9.49. The maximum atomic E-state index is 15.1. The number of nitrogens with zero attached hydrogens (tertiary/aromatic N) is 3. The molecular weight excluding hydrogens is 642 g/mol. The molecule has 0 N–H and O–H groups in total. The average molecular weight is 678 g/mol. The number of piperidine rings is 2. The SMILES string of the molecule is CS(=O)(=O)c1ccc(OC2CCN(C(=O)c3ccc(C(=O)CC4CCN(Cc5ccc(OC(F)(F)F)cc5)C[C@H]4F)cn3)CC2)cc1. The number of carbonyl (C=O) groups excluding carboxylic acids is 2. The molecule has 2 saturated heterocycles. The zero-order valence-corrected chi connectivity index (χ0v) is 26.5. The highest BCUT2D eigenvalue weighted by molar-refractivity contribution is 7.90. The third kappa shape index (κ3) is 9.50. The summed E-state index contributed by atoms with van der Waals surface area (Å²) in [7, 11) is -3.29. The molecule has 3 heterocycles. The number of benzene rings is 2. The van der Waals surface area contributed by atoms with Crippen LogP contribution in [0.1, 0.15) is 52.1 Å². The molecule has 3 aromatic rings. The topological polar surface area (TPSA) is 106 Å². The van der Waals surface area contributed by atoms with Gasteiger partial charge in [0.05, 0.1) is 4.90 Å². The van der Waals surface area contributed by atoms with Crippen LogP contribution in [0, 0.1) is 5.92 Å². The predicted octanol–water partition coefficient (Wildman–Crippen LogP) is 5.50. The van der Waals surface area contributed by atoms with E-state index in [0.717, 1.165) is 11.8 Å². The molecule has 2 fully saturated rings. The Morgan fingerprint density at radius 2 is 1.57 bits per heavy atom. The third-order valence-electron chi connectivity index (χ3n) is 8.36. The van der Waals surface area contributed by atoms with Crippen LogP contribution in [0.25, 0.3) is 0 Å². The van der Waals surface area contributed by atoms with Crippen LogP contribution in [0.3, 0.4) is 0 Å². The molecule has 0 spiro atoms. The first-order valence-electron chi connectivity index (χ1n) is 15.2. The van der Waals surface area contributed by atoms with Crippen LogP contribution in [0.2, 0.25) is 0 Å². The van der Waals surface area contributed by atoms with E-state index in [4.69, 9.17) is 4.74 Å². The van der Waals surface area contributed by atoms with Crippen LogP contribution in [0.15, 0.2) is 71.8 Å². The van der Waals surface area contributed by atoms with Gasteiger partial charge in [-0.05, 0) is 73.0 Å². The summed E-state index contributed by atoms with van der Waals surface area (Å²) in [6, 6.07) is 14.7. The van der Waals surface area contributed by atoms with Gasteiger partial charge in [-0.25, -0.2) is 12.8 Å². The Morgan fingerprint density at radius 3 is 2.15 bits per heavy atom. The van der Waals surface area contributed by atoms with E-state index in [9.17, 15) is 31.2 Å². The van der Waals surface area contributed by atoms with E-state index in [1.54, 1.807) is 17.0 Å². The molecule has 1 aromatic heterocycles. The van der Waals surface area contributed by atoms with Gasteiger partial charge in [0.2, 0.25) is 0 Å². The molecule has 2 aliphatic rings.